The summed E-state index contributed by atoms with van der Waals surface area (Å²) in [5.74, 6) is 1.18. The number of ether oxygens (including phenoxy) is 1. The van der Waals surface area contributed by atoms with E-state index in [1.807, 2.05) is 0 Å². The van der Waals surface area contributed by atoms with Crippen molar-refractivity contribution in [3.05, 3.63) is 0 Å². The Morgan fingerprint density at radius 3 is 2.50 bits per heavy atom. The van der Waals surface area contributed by atoms with Crippen molar-refractivity contribution in [3.63, 3.8) is 0 Å². The average molecular weight is 251 g/mol. The summed E-state index contributed by atoms with van der Waals surface area (Å²) in [6.07, 6.45) is 9.45. The molecule has 0 aromatic heterocycles. The highest BCUT2D eigenvalue weighted by Gasteiger charge is 2.47. The molecule has 3 rings (SSSR count). The molecule has 3 heteroatoms. The molecule has 1 aliphatic heterocycles. The summed E-state index contributed by atoms with van der Waals surface area (Å²) in [6.45, 7) is 4.08. The summed E-state index contributed by atoms with van der Waals surface area (Å²) in [5, 5.41) is 0. The van der Waals surface area contributed by atoms with E-state index in [4.69, 9.17) is 4.74 Å². The van der Waals surface area contributed by atoms with Gasteiger partial charge in [0.2, 0.25) is 0 Å². The molecular formula is C15H25NO2. The van der Waals surface area contributed by atoms with Crippen LogP contribution in [0.25, 0.3) is 0 Å². The maximum Gasteiger partial charge on any atom is 0.302 e. The molecule has 4 atom stereocenters. The minimum absolute atomic E-state index is 0.0869. The first-order valence-electron chi connectivity index (χ1n) is 7.67. The second-order valence-corrected chi connectivity index (χ2v) is 6.32. The summed E-state index contributed by atoms with van der Waals surface area (Å²) >= 11 is 0. The van der Waals surface area contributed by atoms with Crippen LogP contribution in [-0.4, -0.2) is 36.1 Å². The van der Waals surface area contributed by atoms with Gasteiger partial charge in [-0.25, -0.2) is 0 Å². The Hall–Kier alpha value is -0.570. The number of likely N-dealkylation sites (tertiary alicyclic amines) is 1. The first kappa shape index (κ1) is 12.5. The van der Waals surface area contributed by atoms with Crippen molar-refractivity contribution < 1.29 is 9.53 Å². The molecule has 0 aromatic carbocycles. The lowest BCUT2D eigenvalue weighted by Gasteiger charge is -2.43. The predicted molar refractivity (Wildman–Crippen MR) is 70.2 cm³/mol. The van der Waals surface area contributed by atoms with E-state index in [-0.39, 0.29) is 12.1 Å². The van der Waals surface area contributed by atoms with E-state index in [2.05, 4.69) is 4.90 Å². The van der Waals surface area contributed by atoms with Crippen LogP contribution in [0.4, 0.5) is 0 Å². The maximum absolute atomic E-state index is 11.3. The number of carbonyl (C=O) groups excluding carboxylic acids is 1. The fourth-order valence-electron chi connectivity index (χ4n) is 4.48. The van der Waals surface area contributed by atoms with E-state index in [9.17, 15) is 4.79 Å². The highest BCUT2D eigenvalue weighted by atomic mass is 16.5. The Bertz CT molecular complexity index is 312. The Morgan fingerprint density at radius 1 is 1.06 bits per heavy atom. The number of hydrogen-bond acceptors (Lipinski definition) is 3. The fourth-order valence-corrected chi connectivity index (χ4v) is 4.48. The van der Waals surface area contributed by atoms with Crippen LogP contribution in [0.2, 0.25) is 0 Å². The lowest BCUT2D eigenvalue weighted by atomic mass is 9.80. The van der Waals surface area contributed by atoms with Gasteiger partial charge in [-0.2, -0.15) is 0 Å². The van der Waals surface area contributed by atoms with Crippen molar-refractivity contribution in [3.8, 4) is 0 Å². The summed E-state index contributed by atoms with van der Waals surface area (Å²) in [5.41, 5.74) is 0. The van der Waals surface area contributed by atoms with Gasteiger partial charge in [0, 0.05) is 18.9 Å². The molecule has 0 amide bonds. The molecule has 18 heavy (non-hydrogen) atoms. The topological polar surface area (TPSA) is 29.5 Å². The SMILES string of the molecule is CC(=O)O[C@H]1[C@H]2CC[C@H]1[C@H](N1CCCCC1)CC2. The number of fused-ring (bicyclic) bond motifs is 2. The molecule has 102 valence electrons. The lowest BCUT2D eigenvalue weighted by molar-refractivity contribution is -0.154. The average Bonchev–Trinajstić information content (AvgIpc) is 2.62. The highest BCUT2D eigenvalue weighted by molar-refractivity contribution is 5.66. The normalized spacial score (nSPS) is 40.7. The predicted octanol–water partition coefficient (Wildman–Crippen LogP) is 2.59. The molecule has 0 spiro atoms. The van der Waals surface area contributed by atoms with Gasteiger partial charge in [0.25, 0.3) is 0 Å². The molecule has 0 radical (unpaired) electrons. The summed E-state index contributed by atoms with van der Waals surface area (Å²) in [7, 11) is 0. The zero-order valence-corrected chi connectivity index (χ0v) is 11.4. The quantitative estimate of drug-likeness (QED) is 0.707. The largest absolute Gasteiger partial charge is 0.462 e. The number of piperidine rings is 1. The van der Waals surface area contributed by atoms with Gasteiger partial charge in [-0.05, 0) is 57.5 Å². The van der Waals surface area contributed by atoms with Gasteiger partial charge in [-0.1, -0.05) is 6.42 Å². The number of carbonyl (C=O) groups is 1. The van der Waals surface area contributed by atoms with Crippen LogP contribution in [0.5, 0.6) is 0 Å². The second-order valence-electron chi connectivity index (χ2n) is 6.32. The molecule has 0 aromatic rings. The summed E-state index contributed by atoms with van der Waals surface area (Å²) in [4.78, 5) is 14.0. The van der Waals surface area contributed by atoms with Crippen LogP contribution in [-0.2, 0) is 9.53 Å². The van der Waals surface area contributed by atoms with E-state index in [1.165, 1.54) is 58.0 Å². The van der Waals surface area contributed by atoms with Gasteiger partial charge >= 0.3 is 5.97 Å². The maximum atomic E-state index is 11.3. The van der Waals surface area contributed by atoms with Crippen LogP contribution in [0.1, 0.15) is 51.9 Å². The van der Waals surface area contributed by atoms with E-state index < -0.39 is 0 Å². The lowest BCUT2D eigenvalue weighted by Crippen LogP contribution is -2.49. The summed E-state index contributed by atoms with van der Waals surface area (Å²) < 4.78 is 5.63. The number of rotatable bonds is 2. The first-order chi connectivity index (χ1) is 8.75. The zero-order chi connectivity index (χ0) is 12.5. The van der Waals surface area contributed by atoms with Crippen molar-refractivity contribution in [1.29, 1.82) is 0 Å². The Morgan fingerprint density at radius 2 is 1.78 bits per heavy atom. The fraction of sp³-hybridized carbons (Fsp3) is 0.933. The molecule has 2 saturated carbocycles. The molecule has 1 heterocycles. The van der Waals surface area contributed by atoms with Crippen LogP contribution in [0.15, 0.2) is 0 Å². The van der Waals surface area contributed by atoms with Crippen LogP contribution in [0.3, 0.4) is 0 Å². The number of nitrogens with zero attached hydrogens (tertiary/aromatic N) is 1. The highest BCUT2D eigenvalue weighted by Crippen LogP contribution is 2.46. The molecule has 1 saturated heterocycles. The summed E-state index contributed by atoms with van der Waals surface area (Å²) in [6, 6.07) is 0.688. The van der Waals surface area contributed by atoms with E-state index in [0.29, 0.717) is 17.9 Å². The van der Waals surface area contributed by atoms with Crippen molar-refractivity contribution in [2.75, 3.05) is 13.1 Å². The Balaban J connectivity index is 1.70. The van der Waals surface area contributed by atoms with Crippen LogP contribution >= 0.6 is 0 Å². The molecule has 3 nitrogen and oxygen atoms in total. The number of esters is 1. The molecule has 3 aliphatic rings. The van der Waals surface area contributed by atoms with Crippen molar-refractivity contribution >= 4 is 5.97 Å². The Kier molecular flexibility index (Phi) is 3.60. The third-order valence-electron chi connectivity index (χ3n) is 5.25. The molecule has 3 fully saturated rings. The minimum Gasteiger partial charge on any atom is -0.462 e. The van der Waals surface area contributed by atoms with E-state index in [0.717, 1.165) is 0 Å². The molecule has 0 N–H and O–H groups in total. The van der Waals surface area contributed by atoms with Gasteiger partial charge in [-0.15, -0.1) is 0 Å². The van der Waals surface area contributed by atoms with Gasteiger partial charge in [0.1, 0.15) is 6.10 Å². The van der Waals surface area contributed by atoms with Gasteiger partial charge < -0.3 is 4.74 Å². The zero-order valence-electron chi connectivity index (χ0n) is 11.4. The van der Waals surface area contributed by atoms with Crippen molar-refractivity contribution in [1.82, 2.24) is 4.90 Å². The third-order valence-corrected chi connectivity index (χ3v) is 5.25. The molecule has 0 unspecified atom stereocenters. The van der Waals surface area contributed by atoms with Gasteiger partial charge in [-0.3, -0.25) is 9.69 Å². The monoisotopic (exact) mass is 251 g/mol. The Labute approximate surface area is 110 Å². The molecule has 2 bridgehead atoms. The first-order valence-corrected chi connectivity index (χ1v) is 7.67. The second kappa shape index (κ2) is 5.20. The smallest absolute Gasteiger partial charge is 0.302 e. The number of hydrogen-bond donors (Lipinski definition) is 0. The van der Waals surface area contributed by atoms with E-state index >= 15 is 0 Å². The van der Waals surface area contributed by atoms with E-state index in [1.54, 1.807) is 6.92 Å². The molecule has 2 aliphatic carbocycles. The van der Waals surface area contributed by atoms with Crippen LogP contribution in [0, 0.1) is 11.8 Å². The van der Waals surface area contributed by atoms with Crippen LogP contribution < -0.4 is 0 Å². The van der Waals surface area contributed by atoms with Gasteiger partial charge in [0.05, 0.1) is 0 Å². The standard InChI is InChI=1S/C15H25NO2/c1-11(17)18-15-12-5-7-13(15)14(8-6-12)16-9-3-2-4-10-16/h12-15H,2-10H2,1H3/t12-,13-,14+,15-/m0/s1. The van der Waals surface area contributed by atoms with Crippen molar-refractivity contribution in [2.45, 2.75) is 64.0 Å². The minimum atomic E-state index is -0.0869. The third kappa shape index (κ3) is 2.29. The van der Waals surface area contributed by atoms with Gasteiger partial charge in [0.15, 0.2) is 0 Å². The molecular weight excluding hydrogens is 226 g/mol. The van der Waals surface area contributed by atoms with Crippen molar-refractivity contribution in [2.24, 2.45) is 11.8 Å².